The van der Waals surface area contributed by atoms with Crippen molar-refractivity contribution in [1.29, 1.82) is 0 Å². The van der Waals surface area contributed by atoms with E-state index in [-0.39, 0.29) is 5.04 Å². The van der Waals surface area contributed by atoms with Crippen LogP contribution in [0.4, 0.5) is 0 Å². The Balaban J connectivity index is 2.44. The number of hydrogen-bond donors (Lipinski definition) is 2. The van der Waals surface area contributed by atoms with Crippen molar-refractivity contribution in [3.8, 4) is 0 Å². The van der Waals surface area contributed by atoms with Gasteiger partial charge in [0.25, 0.3) is 0 Å². The van der Waals surface area contributed by atoms with Gasteiger partial charge in [-0.1, -0.05) is 39.0 Å². The van der Waals surface area contributed by atoms with Crippen molar-refractivity contribution < 1.29 is 19.4 Å². The van der Waals surface area contributed by atoms with E-state index in [4.69, 9.17) is 9.53 Å². The first-order valence-electron chi connectivity index (χ1n) is 8.18. The summed E-state index contributed by atoms with van der Waals surface area (Å²) in [6.07, 6.45) is 1.51. The molecular formula is C18H30O4Si. The molecule has 0 amide bonds. The fourth-order valence-corrected chi connectivity index (χ4v) is 3.12. The topological polar surface area (TPSA) is 66.8 Å². The molecule has 0 aliphatic carbocycles. The number of rotatable bonds is 8. The van der Waals surface area contributed by atoms with Gasteiger partial charge in [0.1, 0.15) is 0 Å². The Morgan fingerprint density at radius 2 is 1.87 bits per heavy atom. The van der Waals surface area contributed by atoms with Crippen LogP contribution in [-0.4, -0.2) is 37.2 Å². The first-order valence-corrected chi connectivity index (χ1v) is 11.1. The predicted molar refractivity (Wildman–Crippen MR) is 95.5 cm³/mol. The number of carbonyl (C=O) groups is 1. The molecule has 0 fully saturated rings. The SMILES string of the molecule is CC(C)(C)[Si](C)(C)OCC(O)CCCc1ccccc1C(=O)O. The summed E-state index contributed by atoms with van der Waals surface area (Å²) in [5.41, 5.74) is 1.16. The lowest BCUT2D eigenvalue weighted by molar-refractivity contribution is 0.0695. The number of hydrogen-bond acceptors (Lipinski definition) is 3. The van der Waals surface area contributed by atoms with Crippen molar-refractivity contribution in [2.45, 2.75) is 64.3 Å². The first kappa shape index (κ1) is 19.9. The highest BCUT2D eigenvalue weighted by molar-refractivity contribution is 6.74. The minimum atomic E-state index is -1.83. The van der Waals surface area contributed by atoms with E-state index in [2.05, 4.69) is 33.9 Å². The lowest BCUT2D eigenvalue weighted by Gasteiger charge is -2.36. The van der Waals surface area contributed by atoms with Gasteiger partial charge < -0.3 is 14.6 Å². The predicted octanol–water partition coefficient (Wildman–Crippen LogP) is 4.09. The molecule has 0 radical (unpaired) electrons. The lowest BCUT2D eigenvalue weighted by atomic mass is 10.0. The molecule has 1 rings (SSSR count). The van der Waals surface area contributed by atoms with Crippen LogP contribution in [0.2, 0.25) is 18.1 Å². The van der Waals surface area contributed by atoms with Crippen LogP contribution in [-0.2, 0) is 10.8 Å². The van der Waals surface area contributed by atoms with Gasteiger partial charge in [0.2, 0.25) is 0 Å². The highest BCUT2D eigenvalue weighted by Gasteiger charge is 2.37. The van der Waals surface area contributed by atoms with Gasteiger partial charge in [-0.3, -0.25) is 0 Å². The number of aryl methyl sites for hydroxylation is 1. The number of aliphatic hydroxyl groups excluding tert-OH is 1. The summed E-state index contributed by atoms with van der Waals surface area (Å²) < 4.78 is 6.02. The normalized spacial score (nSPS) is 13.8. The van der Waals surface area contributed by atoms with E-state index in [0.717, 1.165) is 12.0 Å². The molecule has 0 bridgehead atoms. The summed E-state index contributed by atoms with van der Waals surface area (Å²) in [5, 5.41) is 19.4. The van der Waals surface area contributed by atoms with Crippen molar-refractivity contribution in [1.82, 2.24) is 0 Å². The summed E-state index contributed by atoms with van der Waals surface area (Å²) in [7, 11) is -1.83. The van der Waals surface area contributed by atoms with Crippen LogP contribution in [0.15, 0.2) is 24.3 Å². The molecule has 0 spiro atoms. The first-order chi connectivity index (χ1) is 10.5. The molecule has 0 heterocycles. The molecule has 0 saturated carbocycles. The molecule has 1 aromatic carbocycles. The van der Waals surface area contributed by atoms with E-state index >= 15 is 0 Å². The van der Waals surface area contributed by atoms with Crippen molar-refractivity contribution in [3.05, 3.63) is 35.4 Å². The number of aliphatic hydroxyl groups is 1. The maximum absolute atomic E-state index is 11.2. The van der Waals surface area contributed by atoms with Crippen LogP contribution in [0, 0.1) is 0 Å². The summed E-state index contributed by atoms with van der Waals surface area (Å²) >= 11 is 0. The molecule has 130 valence electrons. The molecule has 1 atom stereocenters. The number of carboxylic acids is 1. The van der Waals surface area contributed by atoms with E-state index in [0.29, 0.717) is 25.0 Å². The van der Waals surface area contributed by atoms with E-state index in [1.807, 2.05) is 12.1 Å². The van der Waals surface area contributed by atoms with Crippen molar-refractivity contribution in [2.75, 3.05) is 6.61 Å². The van der Waals surface area contributed by atoms with Gasteiger partial charge >= 0.3 is 5.97 Å². The maximum Gasteiger partial charge on any atom is 0.335 e. The minimum Gasteiger partial charge on any atom is -0.478 e. The highest BCUT2D eigenvalue weighted by Crippen LogP contribution is 2.36. The molecule has 0 aromatic heterocycles. The monoisotopic (exact) mass is 338 g/mol. The smallest absolute Gasteiger partial charge is 0.335 e. The second-order valence-electron chi connectivity index (χ2n) is 7.58. The van der Waals surface area contributed by atoms with Crippen LogP contribution < -0.4 is 0 Å². The Morgan fingerprint density at radius 3 is 2.43 bits per heavy atom. The minimum absolute atomic E-state index is 0.132. The van der Waals surface area contributed by atoms with E-state index in [9.17, 15) is 9.90 Å². The second-order valence-corrected chi connectivity index (χ2v) is 12.4. The van der Waals surface area contributed by atoms with Gasteiger partial charge in [-0.05, 0) is 49.0 Å². The number of aromatic carboxylic acids is 1. The van der Waals surface area contributed by atoms with Gasteiger partial charge in [-0.2, -0.15) is 0 Å². The lowest BCUT2D eigenvalue weighted by Crippen LogP contribution is -2.42. The van der Waals surface area contributed by atoms with Crippen LogP contribution >= 0.6 is 0 Å². The third-order valence-electron chi connectivity index (χ3n) is 4.67. The largest absolute Gasteiger partial charge is 0.478 e. The van der Waals surface area contributed by atoms with Gasteiger partial charge in [0.05, 0.1) is 18.3 Å². The Kier molecular flexibility index (Phi) is 6.98. The molecule has 0 aliphatic rings. The standard InChI is InChI=1S/C18H30O4Si/c1-18(2,3)23(4,5)22-13-15(19)11-8-10-14-9-6-7-12-16(14)17(20)21/h6-7,9,12,15,19H,8,10-11,13H2,1-5H3,(H,20,21). The van der Waals surface area contributed by atoms with Crippen LogP contribution in [0.3, 0.4) is 0 Å². The quantitative estimate of drug-likeness (QED) is 0.701. The number of carboxylic acid groups (broad SMARTS) is 1. The molecule has 1 unspecified atom stereocenters. The Labute approximate surface area is 140 Å². The zero-order valence-corrected chi connectivity index (χ0v) is 15.9. The van der Waals surface area contributed by atoms with E-state index < -0.39 is 20.4 Å². The van der Waals surface area contributed by atoms with Gasteiger partial charge in [0.15, 0.2) is 8.32 Å². The second kappa shape index (κ2) is 8.08. The van der Waals surface area contributed by atoms with Gasteiger partial charge in [-0.15, -0.1) is 0 Å². The third kappa shape index (κ3) is 6.09. The third-order valence-corrected chi connectivity index (χ3v) is 9.17. The summed E-state index contributed by atoms with van der Waals surface area (Å²) in [6, 6.07) is 7.03. The zero-order valence-electron chi connectivity index (χ0n) is 14.9. The Bertz CT molecular complexity index is 520. The molecule has 5 heteroatoms. The van der Waals surface area contributed by atoms with E-state index in [1.54, 1.807) is 12.1 Å². The molecular weight excluding hydrogens is 308 g/mol. The molecule has 2 N–H and O–H groups in total. The van der Waals surface area contributed by atoms with E-state index in [1.165, 1.54) is 0 Å². The maximum atomic E-state index is 11.2. The molecule has 0 aliphatic heterocycles. The number of benzene rings is 1. The van der Waals surface area contributed by atoms with Crippen LogP contribution in [0.5, 0.6) is 0 Å². The molecule has 4 nitrogen and oxygen atoms in total. The van der Waals surface area contributed by atoms with Crippen LogP contribution in [0.25, 0.3) is 0 Å². The Morgan fingerprint density at radius 1 is 1.26 bits per heavy atom. The average Bonchev–Trinajstić information content (AvgIpc) is 2.44. The molecule has 0 saturated heterocycles. The van der Waals surface area contributed by atoms with Crippen molar-refractivity contribution >= 4 is 14.3 Å². The molecule has 1 aromatic rings. The van der Waals surface area contributed by atoms with Gasteiger partial charge in [0, 0.05) is 0 Å². The van der Waals surface area contributed by atoms with Crippen molar-refractivity contribution in [2.24, 2.45) is 0 Å². The van der Waals surface area contributed by atoms with Gasteiger partial charge in [-0.25, -0.2) is 4.79 Å². The Hall–Kier alpha value is -1.17. The zero-order chi connectivity index (χ0) is 17.7. The highest BCUT2D eigenvalue weighted by atomic mass is 28.4. The fraction of sp³-hybridized carbons (Fsp3) is 0.611. The molecule has 23 heavy (non-hydrogen) atoms. The van der Waals surface area contributed by atoms with Crippen LogP contribution in [0.1, 0.15) is 49.5 Å². The average molecular weight is 339 g/mol. The fourth-order valence-electron chi connectivity index (χ4n) is 2.08. The van der Waals surface area contributed by atoms with Crippen molar-refractivity contribution in [3.63, 3.8) is 0 Å². The summed E-state index contributed by atoms with van der Waals surface area (Å²) in [6.45, 7) is 11.2. The summed E-state index contributed by atoms with van der Waals surface area (Å²) in [4.78, 5) is 11.2. The summed E-state index contributed by atoms with van der Waals surface area (Å²) in [5.74, 6) is -0.901.